The number of hydrogen-bond acceptors (Lipinski definition) is 5. The van der Waals surface area contributed by atoms with Crippen LogP contribution in [0, 0.1) is 0 Å². The summed E-state index contributed by atoms with van der Waals surface area (Å²) < 4.78 is 28.6. The number of aromatic nitrogens is 1. The topological polar surface area (TPSA) is 118 Å². The van der Waals surface area contributed by atoms with Crippen LogP contribution in [-0.4, -0.2) is 48.5 Å². The number of nitrogens with zero attached hydrogens (tertiary/aromatic N) is 2. The molecule has 0 aliphatic rings. The summed E-state index contributed by atoms with van der Waals surface area (Å²) in [5.74, 6) is -1.05. The molecule has 0 saturated carbocycles. The molecule has 0 saturated heterocycles. The highest BCUT2D eigenvalue weighted by atomic mass is 79.9. The molecule has 162 valence electrons. The highest BCUT2D eigenvalue weighted by Crippen LogP contribution is 2.16. The first-order valence-electron chi connectivity index (χ1n) is 9.00. The first-order chi connectivity index (χ1) is 14.0. The molecule has 2 N–H and O–H groups in total. The number of hydrogen-bond donors (Lipinski definition) is 2. The van der Waals surface area contributed by atoms with Gasteiger partial charge in [0.15, 0.2) is 5.78 Å². The summed E-state index contributed by atoms with van der Waals surface area (Å²) in [6.07, 6.45) is 2.00. The lowest BCUT2D eigenvalue weighted by Crippen LogP contribution is -2.42. The number of halogens is 1. The van der Waals surface area contributed by atoms with Gasteiger partial charge in [-0.15, -0.1) is 0 Å². The van der Waals surface area contributed by atoms with Crippen LogP contribution in [0.3, 0.4) is 0 Å². The third kappa shape index (κ3) is 6.00. The van der Waals surface area contributed by atoms with Gasteiger partial charge in [0.2, 0.25) is 15.9 Å². The quantitative estimate of drug-likeness (QED) is 0.425. The van der Waals surface area contributed by atoms with Crippen LogP contribution in [0.2, 0.25) is 0 Å². The highest BCUT2D eigenvalue weighted by Gasteiger charge is 2.21. The monoisotopic (exact) mass is 498 g/mol. The zero-order valence-corrected chi connectivity index (χ0v) is 19.2. The molecule has 11 heteroatoms. The maximum absolute atomic E-state index is 12.6. The van der Waals surface area contributed by atoms with Crippen molar-refractivity contribution < 1.29 is 22.8 Å². The van der Waals surface area contributed by atoms with Crippen molar-refractivity contribution in [3.8, 4) is 0 Å². The fourth-order valence-corrected chi connectivity index (χ4v) is 4.36. The minimum atomic E-state index is -3.73. The van der Waals surface area contributed by atoms with Gasteiger partial charge < -0.3 is 4.57 Å². The number of hydrazine groups is 1. The van der Waals surface area contributed by atoms with E-state index in [0.29, 0.717) is 11.3 Å². The molecule has 0 aliphatic carbocycles. The van der Waals surface area contributed by atoms with Crippen LogP contribution >= 0.6 is 15.9 Å². The SMILES string of the molecule is CC(=O)c1ccc(S(=O)(=O)N(C)CCCC(=O)NNC(=O)c2cc(Br)cn2C)cc1. The van der Waals surface area contributed by atoms with Gasteiger partial charge in [0.05, 0.1) is 4.90 Å². The molecular weight excluding hydrogens is 476 g/mol. The number of benzene rings is 1. The molecule has 0 unspecified atom stereocenters. The van der Waals surface area contributed by atoms with Crippen LogP contribution < -0.4 is 10.9 Å². The molecule has 2 rings (SSSR count). The van der Waals surface area contributed by atoms with Gasteiger partial charge in [0.25, 0.3) is 5.91 Å². The molecule has 0 aliphatic heterocycles. The molecule has 9 nitrogen and oxygen atoms in total. The fraction of sp³-hybridized carbons (Fsp3) is 0.316. The largest absolute Gasteiger partial charge is 0.345 e. The third-order valence-corrected chi connectivity index (χ3v) is 6.67. The summed E-state index contributed by atoms with van der Waals surface area (Å²) in [6, 6.07) is 7.30. The van der Waals surface area contributed by atoms with Crippen molar-refractivity contribution in [2.75, 3.05) is 13.6 Å². The van der Waals surface area contributed by atoms with Crippen molar-refractivity contribution in [3.05, 3.63) is 52.3 Å². The van der Waals surface area contributed by atoms with Crippen LogP contribution in [0.4, 0.5) is 0 Å². The van der Waals surface area contributed by atoms with E-state index in [0.717, 1.165) is 8.78 Å². The van der Waals surface area contributed by atoms with E-state index in [1.165, 1.54) is 38.2 Å². The van der Waals surface area contributed by atoms with E-state index in [9.17, 15) is 22.8 Å². The standard InChI is InChI=1S/C19H23BrN4O5S/c1-13(25)14-6-8-16(9-7-14)30(28,29)24(3)10-4-5-18(26)21-22-19(27)17-11-15(20)12-23(17)2/h6-9,11-12H,4-5,10H2,1-3H3,(H,21,26)(H,22,27). The van der Waals surface area contributed by atoms with Gasteiger partial charge in [0, 0.05) is 43.3 Å². The van der Waals surface area contributed by atoms with Crippen LogP contribution in [0.5, 0.6) is 0 Å². The van der Waals surface area contributed by atoms with E-state index in [4.69, 9.17) is 0 Å². The lowest BCUT2D eigenvalue weighted by Gasteiger charge is -2.17. The number of carbonyl (C=O) groups is 3. The average Bonchev–Trinajstić information content (AvgIpc) is 3.04. The minimum absolute atomic E-state index is 0.0280. The Morgan fingerprint density at radius 1 is 1.13 bits per heavy atom. The molecule has 0 fully saturated rings. The van der Waals surface area contributed by atoms with Crippen LogP contribution in [0.15, 0.2) is 45.9 Å². The average molecular weight is 499 g/mol. The van der Waals surface area contributed by atoms with E-state index < -0.39 is 21.8 Å². The number of aryl methyl sites for hydroxylation is 1. The van der Waals surface area contributed by atoms with Crippen LogP contribution in [-0.2, 0) is 21.9 Å². The van der Waals surface area contributed by atoms with E-state index in [-0.39, 0.29) is 30.1 Å². The lowest BCUT2D eigenvalue weighted by atomic mass is 10.2. The van der Waals surface area contributed by atoms with Crippen molar-refractivity contribution in [2.45, 2.75) is 24.7 Å². The van der Waals surface area contributed by atoms with Crippen LogP contribution in [0.25, 0.3) is 0 Å². The number of sulfonamides is 1. The van der Waals surface area contributed by atoms with Gasteiger partial charge in [-0.1, -0.05) is 12.1 Å². The Kier molecular flexibility index (Phi) is 7.93. The summed E-state index contributed by atoms with van der Waals surface area (Å²) in [4.78, 5) is 35.4. The van der Waals surface area contributed by atoms with Gasteiger partial charge >= 0.3 is 0 Å². The second-order valence-electron chi connectivity index (χ2n) is 6.67. The number of rotatable bonds is 8. The zero-order chi connectivity index (χ0) is 22.5. The lowest BCUT2D eigenvalue weighted by molar-refractivity contribution is -0.122. The molecule has 30 heavy (non-hydrogen) atoms. The van der Waals surface area contributed by atoms with Gasteiger partial charge in [-0.05, 0) is 47.5 Å². The molecule has 2 aromatic rings. The molecule has 1 heterocycles. The molecule has 0 bridgehead atoms. The normalized spacial score (nSPS) is 11.4. The molecule has 0 spiro atoms. The molecule has 1 aromatic carbocycles. The van der Waals surface area contributed by atoms with Crippen molar-refractivity contribution in [1.29, 1.82) is 0 Å². The maximum atomic E-state index is 12.6. The van der Waals surface area contributed by atoms with Gasteiger partial charge in [0.1, 0.15) is 5.69 Å². The van der Waals surface area contributed by atoms with Gasteiger partial charge in [-0.3, -0.25) is 25.2 Å². The number of ketones is 1. The van der Waals surface area contributed by atoms with Crippen molar-refractivity contribution in [1.82, 2.24) is 19.7 Å². The van der Waals surface area contributed by atoms with Crippen LogP contribution in [0.1, 0.15) is 40.6 Å². The summed E-state index contributed by atoms with van der Waals surface area (Å²) in [5, 5.41) is 0. The Labute approximate surface area is 183 Å². The van der Waals surface area contributed by atoms with Gasteiger partial charge in [-0.2, -0.15) is 0 Å². The first kappa shape index (κ1) is 23.8. The summed E-state index contributed by atoms with van der Waals surface area (Å²) in [5.41, 5.74) is 5.43. The van der Waals surface area contributed by atoms with Crippen molar-refractivity contribution in [2.24, 2.45) is 7.05 Å². The van der Waals surface area contributed by atoms with Crippen molar-refractivity contribution >= 4 is 43.6 Å². The number of Topliss-reactive ketones (excluding diaryl/α,β-unsaturated/α-hetero) is 1. The van der Waals surface area contributed by atoms with Crippen molar-refractivity contribution in [3.63, 3.8) is 0 Å². The van der Waals surface area contributed by atoms with E-state index in [1.54, 1.807) is 23.9 Å². The molecule has 0 radical (unpaired) electrons. The Hall–Kier alpha value is -2.50. The second kappa shape index (κ2) is 10.0. The second-order valence-corrected chi connectivity index (χ2v) is 9.63. The Morgan fingerprint density at radius 3 is 2.30 bits per heavy atom. The fourth-order valence-electron chi connectivity index (χ4n) is 2.63. The summed E-state index contributed by atoms with van der Waals surface area (Å²) in [6.45, 7) is 1.52. The molecule has 2 amide bonds. The third-order valence-electron chi connectivity index (χ3n) is 4.37. The van der Waals surface area contributed by atoms with E-state index >= 15 is 0 Å². The Bertz CT molecular complexity index is 1050. The first-order valence-corrected chi connectivity index (χ1v) is 11.2. The number of nitrogens with one attached hydrogen (secondary N) is 2. The predicted octanol–water partition coefficient (Wildman–Crippen LogP) is 1.85. The highest BCUT2D eigenvalue weighted by molar-refractivity contribution is 9.10. The maximum Gasteiger partial charge on any atom is 0.286 e. The molecule has 1 aromatic heterocycles. The molecule has 0 atom stereocenters. The Morgan fingerprint density at radius 2 is 1.77 bits per heavy atom. The zero-order valence-electron chi connectivity index (χ0n) is 16.8. The summed E-state index contributed by atoms with van der Waals surface area (Å²) >= 11 is 3.26. The molecular formula is C19H23BrN4O5S. The van der Waals surface area contributed by atoms with E-state index in [2.05, 4.69) is 26.8 Å². The van der Waals surface area contributed by atoms with Gasteiger partial charge in [-0.25, -0.2) is 12.7 Å². The number of amides is 2. The van der Waals surface area contributed by atoms with E-state index in [1.807, 2.05) is 0 Å². The summed E-state index contributed by atoms with van der Waals surface area (Å²) in [7, 11) is -0.613. The Balaban J connectivity index is 1.82. The minimum Gasteiger partial charge on any atom is -0.345 e. The predicted molar refractivity (Wildman–Crippen MR) is 114 cm³/mol. The smallest absolute Gasteiger partial charge is 0.286 e. The number of carbonyl (C=O) groups excluding carboxylic acids is 3.